The summed E-state index contributed by atoms with van der Waals surface area (Å²) >= 11 is 0. The van der Waals surface area contributed by atoms with Crippen molar-refractivity contribution in [2.75, 3.05) is 5.73 Å². The topological polar surface area (TPSA) is 43.1 Å². The minimum Gasteiger partial charge on any atom is -0.449 e. The molecule has 1 rings (SSSR count). The Morgan fingerprint density at radius 1 is 1.25 bits per heavy atom. The van der Waals surface area contributed by atoms with E-state index in [1.54, 1.807) is 30.6 Å². The summed E-state index contributed by atoms with van der Waals surface area (Å²) in [6, 6.07) is 6.81. The van der Waals surface area contributed by atoms with Gasteiger partial charge in [-0.05, 0) is 0 Å². The van der Waals surface area contributed by atoms with E-state index in [4.69, 9.17) is 5.73 Å². The van der Waals surface area contributed by atoms with Crippen molar-refractivity contribution in [3.63, 3.8) is 0 Å². The first-order chi connectivity index (χ1) is 5.34. The van der Waals surface area contributed by atoms with E-state index in [0.717, 1.165) is 0 Å². The van der Waals surface area contributed by atoms with E-state index < -0.39 is 0 Å². The van der Waals surface area contributed by atoms with Gasteiger partial charge in [0.1, 0.15) is 0 Å². The van der Waals surface area contributed by atoms with Crippen LogP contribution in [-0.4, -0.2) is 6.29 Å². The predicted molar refractivity (Wildman–Crippen MR) is 47.0 cm³/mol. The zero-order valence-corrected chi connectivity index (χ0v) is 10.2. The van der Waals surface area contributed by atoms with E-state index in [1.807, 2.05) is 13.8 Å². The van der Waals surface area contributed by atoms with Gasteiger partial charge in [0, 0.05) is 32.7 Å². The van der Waals surface area contributed by atoms with Crippen molar-refractivity contribution >= 4 is 12.0 Å². The molecule has 0 spiro atoms. The van der Waals surface area contributed by atoms with Crippen LogP contribution in [0.1, 0.15) is 19.4 Å². The van der Waals surface area contributed by atoms with Gasteiger partial charge in [0.05, 0.1) is 6.29 Å². The van der Waals surface area contributed by atoms with Crippen molar-refractivity contribution in [3.8, 4) is 0 Å². The Bertz CT molecular complexity index is 226. The average molecular weight is 239 g/mol. The monoisotopic (exact) mass is 239 g/mol. The maximum atomic E-state index is 10.0. The van der Waals surface area contributed by atoms with E-state index in [9.17, 15) is 4.79 Å². The number of rotatable bonds is 1. The van der Waals surface area contributed by atoms with E-state index >= 15 is 0 Å². The molecule has 63 valence electrons. The van der Waals surface area contributed by atoms with Crippen molar-refractivity contribution < 1.29 is 37.5 Å². The molecule has 3 heteroatoms. The summed E-state index contributed by atoms with van der Waals surface area (Å²) in [5.74, 6) is 0. The van der Waals surface area contributed by atoms with Crippen LogP contribution in [0.3, 0.4) is 0 Å². The maximum absolute atomic E-state index is 10.0. The summed E-state index contributed by atoms with van der Waals surface area (Å²) in [6.45, 7) is 4.00. The second-order valence-corrected chi connectivity index (χ2v) is 1.69. The van der Waals surface area contributed by atoms with E-state index in [-0.39, 0.29) is 32.7 Å². The molecule has 2 nitrogen and oxygen atoms in total. The van der Waals surface area contributed by atoms with Gasteiger partial charge in [-0.25, -0.2) is 0 Å². The van der Waals surface area contributed by atoms with Crippen LogP contribution >= 0.6 is 0 Å². The zero-order valence-electron chi connectivity index (χ0n) is 7.37. The molecule has 0 atom stereocenters. The van der Waals surface area contributed by atoms with E-state index in [1.165, 1.54) is 0 Å². The van der Waals surface area contributed by atoms with Gasteiger partial charge in [-0.2, -0.15) is 6.07 Å². The van der Waals surface area contributed by atoms with Gasteiger partial charge in [-0.3, -0.25) is 0 Å². The average Bonchev–Trinajstić information content (AvgIpc) is 2.09. The third-order valence-electron chi connectivity index (χ3n) is 1.07. The van der Waals surface area contributed by atoms with Gasteiger partial charge >= 0.3 is 0 Å². The van der Waals surface area contributed by atoms with Crippen LogP contribution < -0.4 is 5.73 Å². The van der Waals surface area contributed by atoms with E-state index in [2.05, 4.69) is 0 Å². The summed E-state index contributed by atoms with van der Waals surface area (Å²) in [7, 11) is 0. The van der Waals surface area contributed by atoms with Crippen molar-refractivity contribution in [3.05, 3.63) is 29.8 Å². The van der Waals surface area contributed by atoms with Crippen LogP contribution in [0.15, 0.2) is 24.3 Å². The predicted octanol–water partition coefficient (Wildman–Crippen LogP) is 1.75. The van der Waals surface area contributed by atoms with Gasteiger partial charge in [-0.1, -0.05) is 31.7 Å². The molecule has 0 aliphatic carbocycles. The smallest absolute Gasteiger partial charge is 0.0646 e. The third kappa shape index (κ3) is 4.63. The molecular formula is C9H12NOY-. The molecule has 0 fully saturated rings. The Kier molecular flexibility index (Phi) is 10.6. The van der Waals surface area contributed by atoms with E-state index in [0.29, 0.717) is 11.3 Å². The van der Waals surface area contributed by atoms with Crippen LogP contribution in [-0.2, 0) is 37.5 Å². The Balaban J connectivity index is 0. The second-order valence-electron chi connectivity index (χ2n) is 1.69. The number of para-hydroxylation sites is 1. The Morgan fingerprint density at radius 3 is 2.08 bits per heavy atom. The number of hydrogen-bond donors (Lipinski definition) is 1. The molecule has 0 unspecified atom stereocenters. The summed E-state index contributed by atoms with van der Waals surface area (Å²) in [5, 5.41) is 0. The first-order valence-electron chi connectivity index (χ1n) is 3.57. The fourth-order valence-electron chi connectivity index (χ4n) is 0.590. The summed E-state index contributed by atoms with van der Waals surface area (Å²) < 4.78 is 0. The van der Waals surface area contributed by atoms with Crippen LogP contribution in [0.5, 0.6) is 0 Å². The Labute approximate surface area is 98.4 Å². The summed E-state index contributed by atoms with van der Waals surface area (Å²) in [5.41, 5.74) is 6.28. The molecule has 0 aliphatic heterocycles. The van der Waals surface area contributed by atoms with Crippen molar-refractivity contribution in [1.29, 1.82) is 0 Å². The molecule has 1 radical (unpaired) electrons. The molecule has 2 N–H and O–H groups in total. The molecule has 0 saturated heterocycles. The molecule has 0 saturated carbocycles. The second kappa shape index (κ2) is 8.89. The standard InChI is InChI=1S/C7H6NO.C2H6.Y/c8-7-4-2-1-3-6(7)5-9;1-2;/h1-4H,8H2;1-2H3;/q-1;;. The summed E-state index contributed by atoms with van der Waals surface area (Å²) in [6.07, 6.45) is 1.72. The molecule has 1 aromatic carbocycles. The van der Waals surface area contributed by atoms with Crippen molar-refractivity contribution in [1.82, 2.24) is 0 Å². The Morgan fingerprint density at radius 2 is 1.75 bits per heavy atom. The third-order valence-corrected chi connectivity index (χ3v) is 1.07. The van der Waals surface area contributed by atoms with Crippen molar-refractivity contribution in [2.24, 2.45) is 0 Å². The van der Waals surface area contributed by atoms with Gasteiger partial charge < -0.3 is 10.5 Å². The molecular weight excluding hydrogens is 227 g/mol. The first-order valence-corrected chi connectivity index (χ1v) is 3.57. The van der Waals surface area contributed by atoms with Gasteiger partial charge in [0.15, 0.2) is 0 Å². The first kappa shape index (κ1) is 14.3. The maximum Gasteiger partial charge on any atom is 0.0646 e. The molecule has 0 amide bonds. The van der Waals surface area contributed by atoms with Crippen LogP contribution in [0, 0.1) is 0 Å². The number of carbonyl (C=O) groups excluding carboxylic acids is 1. The number of benzene rings is 1. The van der Waals surface area contributed by atoms with Gasteiger partial charge in [-0.15, -0.1) is 11.6 Å². The molecule has 0 heterocycles. The molecule has 12 heavy (non-hydrogen) atoms. The fourth-order valence-corrected chi connectivity index (χ4v) is 0.590. The quantitative estimate of drug-likeness (QED) is 0.599. The SMILES string of the molecule is CC.Nc1ccccc1[C-]=O.[Y]. The zero-order chi connectivity index (χ0) is 8.69. The minimum atomic E-state index is 0. The number of nitrogen functional groups attached to an aromatic ring is 1. The van der Waals surface area contributed by atoms with Crippen LogP contribution in [0.2, 0.25) is 0 Å². The number of anilines is 1. The number of nitrogens with two attached hydrogens (primary N) is 1. The molecule has 0 aliphatic rings. The van der Waals surface area contributed by atoms with Gasteiger partial charge in [0.2, 0.25) is 0 Å². The largest absolute Gasteiger partial charge is 0.449 e. The number of hydrogen-bond acceptors (Lipinski definition) is 2. The van der Waals surface area contributed by atoms with Crippen LogP contribution in [0.4, 0.5) is 5.69 Å². The minimum absolute atomic E-state index is 0. The van der Waals surface area contributed by atoms with Gasteiger partial charge in [0.25, 0.3) is 0 Å². The fraction of sp³-hybridized carbons (Fsp3) is 0.222. The Hall–Kier alpha value is -0.206. The molecule has 1 aromatic rings. The van der Waals surface area contributed by atoms with Crippen LogP contribution in [0.25, 0.3) is 0 Å². The normalized spacial score (nSPS) is 7.17. The van der Waals surface area contributed by atoms with Crippen molar-refractivity contribution in [2.45, 2.75) is 13.8 Å². The molecule has 0 aromatic heterocycles. The molecule has 0 bridgehead atoms. The summed E-state index contributed by atoms with van der Waals surface area (Å²) in [4.78, 5) is 10.0.